The average Bonchev–Trinajstić information content (AvgIpc) is 2.43. The third kappa shape index (κ3) is 3.84. The predicted molar refractivity (Wildman–Crippen MR) is 92.4 cm³/mol. The maximum absolute atomic E-state index is 10.8. The summed E-state index contributed by atoms with van der Waals surface area (Å²) in [5.41, 5.74) is 2.14. The van der Waals surface area contributed by atoms with Crippen molar-refractivity contribution in [2.75, 3.05) is 0 Å². The van der Waals surface area contributed by atoms with Gasteiger partial charge in [0.05, 0.1) is 13.9 Å². The Morgan fingerprint density at radius 3 is 2.33 bits per heavy atom. The van der Waals surface area contributed by atoms with Crippen molar-refractivity contribution in [3.8, 4) is 11.5 Å². The summed E-state index contributed by atoms with van der Waals surface area (Å²) in [5.74, 6) is 1.21. The molecule has 0 aromatic heterocycles. The van der Waals surface area contributed by atoms with E-state index in [0.717, 1.165) is 11.1 Å². The summed E-state index contributed by atoms with van der Waals surface area (Å²) in [6, 6.07) is 8.70. The highest BCUT2D eigenvalue weighted by molar-refractivity contribution is 9.11. The minimum Gasteiger partial charge on any atom is -0.455 e. The summed E-state index contributed by atoms with van der Waals surface area (Å²) in [7, 11) is 0. The summed E-state index contributed by atoms with van der Waals surface area (Å²) >= 11 is 10.1. The van der Waals surface area contributed by atoms with E-state index in [2.05, 4.69) is 47.8 Å². The molecule has 2 rings (SSSR count). The van der Waals surface area contributed by atoms with Crippen LogP contribution in [0.2, 0.25) is 0 Å². The highest BCUT2D eigenvalue weighted by atomic mass is 79.9. The number of nitrogens with zero attached hydrogens (tertiary/aromatic N) is 1. The van der Waals surface area contributed by atoms with Gasteiger partial charge in [-0.1, -0.05) is 33.6 Å². The molecule has 0 N–H and O–H groups in total. The number of rotatable bonds is 4. The first-order chi connectivity index (χ1) is 9.92. The van der Waals surface area contributed by atoms with Gasteiger partial charge in [0.15, 0.2) is 5.75 Å². The SMILES string of the molecule is Cc1ccc(Oc2c(Br)cc([N+](=O)[O-])cc2Br)c(CBr)c1. The summed E-state index contributed by atoms with van der Waals surface area (Å²) < 4.78 is 6.94. The van der Waals surface area contributed by atoms with Crippen molar-refractivity contribution in [1.29, 1.82) is 0 Å². The number of hydrogen-bond acceptors (Lipinski definition) is 3. The quantitative estimate of drug-likeness (QED) is 0.302. The first kappa shape index (κ1) is 16.5. The standard InChI is InChI=1S/C14H10Br3NO3/c1-8-2-3-13(9(4-8)7-15)21-14-11(16)5-10(18(19)20)6-12(14)17/h2-6H,7H2,1H3. The van der Waals surface area contributed by atoms with Gasteiger partial charge in [-0.2, -0.15) is 0 Å². The molecule has 110 valence electrons. The fourth-order valence-corrected chi connectivity index (χ4v) is 3.53. The molecule has 0 heterocycles. The molecule has 0 spiro atoms. The Labute approximate surface area is 147 Å². The molecule has 4 nitrogen and oxygen atoms in total. The van der Waals surface area contributed by atoms with E-state index in [1.54, 1.807) is 0 Å². The summed E-state index contributed by atoms with van der Waals surface area (Å²) in [6.07, 6.45) is 0. The van der Waals surface area contributed by atoms with Crippen molar-refractivity contribution >= 4 is 53.5 Å². The lowest BCUT2D eigenvalue weighted by molar-refractivity contribution is -0.385. The molecule has 0 saturated carbocycles. The molecule has 2 aromatic rings. The van der Waals surface area contributed by atoms with Gasteiger partial charge in [-0.05, 0) is 44.8 Å². The zero-order chi connectivity index (χ0) is 15.6. The van der Waals surface area contributed by atoms with Crippen LogP contribution in [0.4, 0.5) is 5.69 Å². The fourth-order valence-electron chi connectivity index (χ4n) is 1.77. The first-order valence-electron chi connectivity index (χ1n) is 5.89. The van der Waals surface area contributed by atoms with Crippen LogP contribution in [0, 0.1) is 17.0 Å². The molecule has 0 aliphatic carbocycles. The Balaban J connectivity index is 2.43. The molecule has 0 aliphatic rings. The minimum absolute atomic E-state index is 0.00859. The van der Waals surface area contributed by atoms with Crippen LogP contribution in [0.3, 0.4) is 0 Å². The normalized spacial score (nSPS) is 10.5. The van der Waals surface area contributed by atoms with E-state index < -0.39 is 4.92 Å². The zero-order valence-electron chi connectivity index (χ0n) is 10.9. The van der Waals surface area contributed by atoms with Crippen LogP contribution in [0.1, 0.15) is 11.1 Å². The van der Waals surface area contributed by atoms with Crippen molar-refractivity contribution in [3.63, 3.8) is 0 Å². The van der Waals surface area contributed by atoms with E-state index >= 15 is 0 Å². The molecule has 0 aliphatic heterocycles. The van der Waals surface area contributed by atoms with Gasteiger partial charge >= 0.3 is 0 Å². The van der Waals surface area contributed by atoms with Gasteiger partial charge in [0, 0.05) is 23.0 Å². The Morgan fingerprint density at radius 1 is 1.19 bits per heavy atom. The zero-order valence-corrected chi connectivity index (χ0v) is 15.7. The van der Waals surface area contributed by atoms with Crippen molar-refractivity contribution < 1.29 is 9.66 Å². The molecular formula is C14H10Br3NO3. The highest BCUT2D eigenvalue weighted by Gasteiger charge is 2.16. The Hall–Kier alpha value is -0.920. The van der Waals surface area contributed by atoms with Crippen LogP contribution in [0.5, 0.6) is 11.5 Å². The molecule has 21 heavy (non-hydrogen) atoms. The van der Waals surface area contributed by atoms with Crippen LogP contribution >= 0.6 is 47.8 Å². The molecule has 2 aromatic carbocycles. The van der Waals surface area contributed by atoms with E-state index in [0.29, 0.717) is 25.8 Å². The topological polar surface area (TPSA) is 52.4 Å². The third-order valence-corrected chi connectivity index (χ3v) is 4.55. The molecule has 0 atom stereocenters. The van der Waals surface area contributed by atoms with Gasteiger partial charge < -0.3 is 4.74 Å². The molecule has 0 radical (unpaired) electrons. The summed E-state index contributed by atoms with van der Waals surface area (Å²) in [5, 5.41) is 11.5. The number of non-ortho nitro benzene ring substituents is 1. The van der Waals surface area contributed by atoms with Gasteiger partial charge in [-0.3, -0.25) is 10.1 Å². The maximum Gasteiger partial charge on any atom is 0.271 e. The molecule has 0 saturated heterocycles. The van der Waals surface area contributed by atoms with E-state index in [1.807, 2.05) is 25.1 Å². The number of nitro benzene ring substituents is 1. The molecule has 7 heteroatoms. The van der Waals surface area contributed by atoms with Crippen molar-refractivity contribution in [2.45, 2.75) is 12.3 Å². The molecule has 0 unspecified atom stereocenters. The number of hydrogen-bond donors (Lipinski definition) is 0. The van der Waals surface area contributed by atoms with Crippen LogP contribution in [0.15, 0.2) is 39.3 Å². The predicted octanol–water partition coefficient (Wildman–Crippen LogP) is 6.12. The summed E-state index contributed by atoms with van der Waals surface area (Å²) in [6.45, 7) is 2.01. The van der Waals surface area contributed by atoms with E-state index in [-0.39, 0.29) is 5.69 Å². The summed E-state index contributed by atoms with van der Waals surface area (Å²) in [4.78, 5) is 10.4. The first-order valence-corrected chi connectivity index (χ1v) is 8.60. The Kier molecular flexibility index (Phi) is 5.40. The second kappa shape index (κ2) is 6.89. The molecular weight excluding hydrogens is 470 g/mol. The van der Waals surface area contributed by atoms with Crippen LogP contribution < -0.4 is 4.74 Å². The highest BCUT2D eigenvalue weighted by Crippen LogP contribution is 2.40. The van der Waals surface area contributed by atoms with Crippen molar-refractivity contribution in [2.24, 2.45) is 0 Å². The van der Waals surface area contributed by atoms with Crippen LogP contribution in [0.25, 0.3) is 0 Å². The van der Waals surface area contributed by atoms with Gasteiger partial charge in [0.2, 0.25) is 0 Å². The van der Waals surface area contributed by atoms with E-state index in [4.69, 9.17) is 4.74 Å². The van der Waals surface area contributed by atoms with Crippen molar-refractivity contribution in [3.05, 3.63) is 60.5 Å². The lowest BCUT2D eigenvalue weighted by Crippen LogP contribution is -1.94. The smallest absolute Gasteiger partial charge is 0.271 e. The number of alkyl halides is 1. The largest absolute Gasteiger partial charge is 0.455 e. The second-order valence-electron chi connectivity index (χ2n) is 4.34. The van der Waals surface area contributed by atoms with E-state index in [9.17, 15) is 10.1 Å². The minimum atomic E-state index is -0.449. The Bertz CT molecular complexity index is 681. The number of halogens is 3. The lowest BCUT2D eigenvalue weighted by Gasteiger charge is -2.13. The number of nitro groups is 1. The second-order valence-corrected chi connectivity index (χ2v) is 6.61. The molecule has 0 fully saturated rings. The molecule has 0 amide bonds. The van der Waals surface area contributed by atoms with Crippen LogP contribution in [-0.4, -0.2) is 4.92 Å². The van der Waals surface area contributed by atoms with E-state index in [1.165, 1.54) is 12.1 Å². The Morgan fingerprint density at radius 2 is 1.81 bits per heavy atom. The number of aryl methyl sites for hydroxylation is 1. The van der Waals surface area contributed by atoms with Gasteiger partial charge in [-0.25, -0.2) is 0 Å². The van der Waals surface area contributed by atoms with Crippen LogP contribution in [-0.2, 0) is 5.33 Å². The average molecular weight is 480 g/mol. The fraction of sp³-hybridized carbons (Fsp3) is 0.143. The lowest BCUT2D eigenvalue weighted by atomic mass is 10.1. The number of ether oxygens (including phenoxy) is 1. The third-order valence-electron chi connectivity index (χ3n) is 2.77. The molecule has 0 bridgehead atoms. The van der Waals surface area contributed by atoms with Crippen molar-refractivity contribution in [1.82, 2.24) is 0 Å². The van der Waals surface area contributed by atoms with Gasteiger partial charge in [0.25, 0.3) is 5.69 Å². The monoisotopic (exact) mass is 477 g/mol. The maximum atomic E-state index is 10.8. The number of benzene rings is 2. The van der Waals surface area contributed by atoms with Gasteiger partial charge in [0.1, 0.15) is 5.75 Å². The van der Waals surface area contributed by atoms with Gasteiger partial charge in [-0.15, -0.1) is 0 Å².